The third-order valence-electron chi connectivity index (χ3n) is 1.99. The van der Waals surface area contributed by atoms with E-state index in [9.17, 15) is 4.79 Å². The molecule has 1 rings (SSSR count). The lowest BCUT2D eigenvalue weighted by Gasteiger charge is -2.21. The zero-order chi connectivity index (χ0) is 10.7. The van der Waals surface area contributed by atoms with Gasteiger partial charge in [0, 0.05) is 12.4 Å². The van der Waals surface area contributed by atoms with Gasteiger partial charge in [-0.05, 0) is 6.92 Å². The first kappa shape index (κ1) is 10.9. The second-order valence-electron chi connectivity index (χ2n) is 3.02. The quantitative estimate of drug-likeness (QED) is 0.753. The van der Waals surface area contributed by atoms with Gasteiger partial charge < -0.3 is 15.7 Å². The molecular formula is C8H13N3O2S. The number of hydrogen-bond donors (Lipinski definition) is 2. The molecule has 0 spiro atoms. The van der Waals surface area contributed by atoms with E-state index in [1.54, 1.807) is 19.4 Å². The molecule has 0 aliphatic rings. The lowest BCUT2D eigenvalue weighted by molar-refractivity contribution is 0.0677. The van der Waals surface area contributed by atoms with E-state index in [0.29, 0.717) is 10.8 Å². The number of hydrogen-bond acceptors (Lipinski definition) is 5. The van der Waals surface area contributed by atoms with Crippen molar-refractivity contribution in [3.05, 3.63) is 11.1 Å². The molecule has 5 nitrogen and oxygen atoms in total. The summed E-state index contributed by atoms with van der Waals surface area (Å²) in [4.78, 5) is 17.0. The maximum Gasteiger partial charge on any atom is 0.273 e. The Morgan fingerprint density at radius 1 is 1.86 bits per heavy atom. The number of anilines is 1. The number of likely N-dealkylation sites (N-methyl/N-ethyl adjacent to an activating group) is 1. The molecule has 0 fully saturated rings. The van der Waals surface area contributed by atoms with Crippen LogP contribution in [0.15, 0.2) is 5.38 Å². The molecule has 1 aromatic heterocycles. The van der Waals surface area contributed by atoms with Crippen LogP contribution in [0.5, 0.6) is 0 Å². The number of nitrogens with two attached hydrogens (primary N) is 1. The maximum absolute atomic E-state index is 11.7. The number of aromatic nitrogens is 1. The van der Waals surface area contributed by atoms with Crippen molar-refractivity contribution in [1.82, 2.24) is 9.88 Å². The summed E-state index contributed by atoms with van der Waals surface area (Å²) in [5.74, 6) is -0.223. The number of carbonyl (C=O) groups excluding carboxylic acids is 1. The Morgan fingerprint density at radius 3 is 2.93 bits per heavy atom. The zero-order valence-corrected chi connectivity index (χ0v) is 8.91. The second-order valence-corrected chi connectivity index (χ2v) is 3.91. The predicted molar refractivity (Wildman–Crippen MR) is 55.2 cm³/mol. The van der Waals surface area contributed by atoms with E-state index in [2.05, 4.69) is 4.98 Å². The minimum absolute atomic E-state index is 0.0676. The Hall–Kier alpha value is -1.14. The second kappa shape index (κ2) is 4.39. The smallest absolute Gasteiger partial charge is 0.273 e. The fourth-order valence-electron chi connectivity index (χ4n) is 0.889. The Bertz CT molecular complexity index is 326. The van der Waals surface area contributed by atoms with E-state index in [4.69, 9.17) is 10.8 Å². The van der Waals surface area contributed by atoms with Crippen LogP contribution in [0, 0.1) is 0 Å². The lowest BCUT2D eigenvalue weighted by atomic mass is 10.3. The highest BCUT2D eigenvalue weighted by atomic mass is 32.1. The van der Waals surface area contributed by atoms with Crippen molar-refractivity contribution in [3.8, 4) is 0 Å². The first-order valence-electron chi connectivity index (χ1n) is 4.15. The highest BCUT2D eigenvalue weighted by Crippen LogP contribution is 2.13. The zero-order valence-electron chi connectivity index (χ0n) is 8.10. The normalized spacial score (nSPS) is 12.5. The molecule has 1 amide bonds. The van der Waals surface area contributed by atoms with Gasteiger partial charge >= 0.3 is 0 Å². The standard InChI is InChI=1S/C8H13N3O2S/c1-5(3-12)11(2)7(13)6-4-14-8(9)10-6/h4-5,12H,3H2,1-2H3,(H2,9,10). The molecule has 14 heavy (non-hydrogen) atoms. The van der Waals surface area contributed by atoms with Gasteiger partial charge in [-0.25, -0.2) is 4.98 Å². The molecule has 6 heteroatoms. The fraction of sp³-hybridized carbons (Fsp3) is 0.500. The number of carbonyl (C=O) groups is 1. The first-order valence-corrected chi connectivity index (χ1v) is 5.03. The summed E-state index contributed by atoms with van der Waals surface area (Å²) >= 11 is 1.23. The molecule has 0 saturated heterocycles. The van der Waals surface area contributed by atoms with Crippen LogP contribution in [0.4, 0.5) is 5.13 Å². The molecule has 3 N–H and O–H groups in total. The molecule has 0 aromatic carbocycles. The summed E-state index contributed by atoms with van der Waals surface area (Å²) < 4.78 is 0. The summed E-state index contributed by atoms with van der Waals surface area (Å²) in [7, 11) is 1.62. The summed E-state index contributed by atoms with van der Waals surface area (Å²) in [5.41, 5.74) is 5.74. The minimum Gasteiger partial charge on any atom is -0.394 e. The van der Waals surface area contributed by atoms with Crippen molar-refractivity contribution in [3.63, 3.8) is 0 Å². The van der Waals surface area contributed by atoms with Gasteiger partial charge in [-0.2, -0.15) is 0 Å². The number of aliphatic hydroxyl groups is 1. The van der Waals surface area contributed by atoms with Gasteiger partial charge in [0.15, 0.2) is 5.13 Å². The van der Waals surface area contributed by atoms with Crippen LogP contribution in [-0.2, 0) is 0 Å². The van der Waals surface area contributed by atoms with Crippen LogP contribution < -0.4 is 5.73 Å². The van der Waals surface area contributed by atoms with Crippen LogP contribution in [0.3, 0.4) is 0 Å². The van der Waals surface area contributed by atoms with Gasteiger partial charge in [0.1, 0.15) is 5.69 Å². The van der Waals surface area contributed by atoms with Crippen LogP contribution in [0.2, 0.25) is 0 Å². The third kappa shape index (κ3) is 2.21. The number of amides is 1. The largest absolute Gasteiger partial charge is 0.394 e. The monoisotopic (exact) mass is 215 g/mol. The molecule has 78 valence electrons. The van der Waals surface area contributed by atoms with Crippen LogP contribution in [0.1, 0.15) is 17.4 Å². The average molecular weight is 215 g/mol. The van der Waals surface area contributed by atoms with Crippen LogP contribution in [0.25, 0.3) is 0 Å². The molecule has 0 aliphatic carbocycles. The summed E-state index contributed by atoms with van der Waals surface area (Å²) in [6, 6.07) is -0.217. The summed E-state index contributed by atoms with van der Waals surface area (Å²) in [5, 5.41) is 10.9. The molecular weight excluding hydrogens is 202 g/mol. The number of rotatable bonds is 3. The van der Waals surface area contributed by atoms with Crippen molar-refractivity contribution in [1.29, 1.82) is 0 Å². The van der Waals surface area contributed by atoms with Crippen molar-refractivity contribution >= 4 is 22.4 Å². The van der Waals surface area contributed by atoms with Crippen molar-refractivity contribution in [2.45, 2.75) is 13.0 Å². The van der Waals surface area contributed by atoms with Crippen LogP contribution in [-0.4, -0.2) is 40.6 Å². The predicted octanol–water partition coefficient (Wildman–Crippen LogP) is 0.178. The summed E-state index contributed by atoms with van der Waals surface area (Å²) in [6.45, 7) is 1.69. The first-order chi connectivity index (χ1) is 6.56. The van der Waals surface area contributed by atoms with E-state index in [-0.39, 0.29) is 18.6 Å². The Morgan fingerprint density at radius 2 is 2.50 bits per heavy atom. The van der Waals surface area contributed by atoms with Gasteiger partial charge in [-0.1, -0.05) is 0 Å². The van der Waals surface area contributed by atoms with Gasteiger partial charge in [-0.3, -0.25) is 4.79 Å². The molecule has 1 unspecified atom stereocenters. The third-order valence-corrected chi connectivity index (χ3v) is 2.66. The van der Waals surface area contributed by atoms with E-state index in [1.807, 2.05) is 0 Å². The molecule has 1 atom stereocenters. The Labute approximate surface area is 86.2 Å². The fourth-order valence-corrected chi connectivity index (χ4v) is 1.43. The minimum atomic E-state index is -0.223. The van der Waals surface area contributed by atoms with Gasteiger partial charge in [-0.15, -0.1) is 11.3 Å². The number of nitrogens with zero attached hydrogens (tertiary/aromatic N) is 2. The number of thiazole rings is 1. The highest BCUT2D eigenvalue weighted by Gasteiger charge is 2.18. The van der Waals surface area contributed by atoms with Gasteiger partial charge in [0.2, 0.25) is 0 Å². The van der Waals surface area contributed by atoms with E-state index < -0.39 is 0 Å². The Balaban J connectivity index is 2.75. The van der Waals surface area contributed by atoms with Crippen molar-refractivity contribution in [2.75, 3.05) is 19.4 Å². The average Bonchev–Trinajstić information content (AvgIpc) is 2.61. The number of nitrogen functional groups attached to an aromatic ring is 1. The van der Waals surface area contributed by atoms with E-state index in [0.717, 1.165) is 0 Å². The van der Waals surface area contributed by atoms with Gasteiger partial charge in [0.25, 0.3) is 5.91 Å². The van der Waals surface area contributed by atoms with Gasteiger partial charge in [0.05, 0.1) is 12.6 Å². The molecule has 0 saturated carbocycles. The lowest BCUT2D eigenvalue weighted by Crippen LogP contribution is -2.37. The van der Waals surface area contributed by atoms with Crippen LogP contribution >= 0.6 is 11.3 Å². The number of aliphatic hydroxyl groups excluding tert-OH is 1. The Kier molecular flexibility index (Phi) is 3.43. The molecule has 0 aliphatic heterocycles. The molecule has 0 radical (unpaired) electrons. The molecule has 1 heterocycles. The highest BCUT2D eigenvalue weighted by molar-refractivity contribution is 7.13. The van der Waals surface area contributed by atoms with E-state index >= 15 is 0 Å². The summed E-state index contributed by atoms with van der Waals surface area (Å²) in [6.07, 6.45) is 0. The maximum atomic E-state index is 11.7. The molecule has 1 aromatic rings. The van der Waals surface area contributed by atoms with E-state index in [1.165, 1.54) is 16.2 Å². The molecule has 0 bridgehead atoms. The topological polar surface area (TPSA) is 79.5 Å². The van der Waals surface area contributed by atoms with Crippen molar-refractivity contribution < 1.29 is 9.90 Å². The SMILES string of the molecule is CC(CO)N(C)C(=O)c1csc(N)n1. The van der Waals surface area contributed by atoms with Crippen molar-refractivity contribution in [2.24, 2.45) is 0 Å².